The van der Waals surface area contributed by atoms with Gasteiger partial charge in [-0.3, -0.25) is 0 Å². The van der Waals surface area contributed by atoms with Crippen LogP contribution in [-0.4, -0.2) is 13.2 Å². The lowest BCUT2D eigenvalue weighted by Crippen LogP contribution is -2.27. The molecule has 0 aliphatic carbocycles. The summed E-state index contributed by atoms with van der Waals surface area (Å²) in [5, 5.41) is 3.54. The molecule has 3 heteroatoms. The number of benzene rings is 1. The summed E-state index contributed by atoms with van der Waals surface area (Å²) in [6.07, 6.45) is 1.23. The molecule has 1 aliphatic rings. The van der Waals surface area contributed by atoms with Crippen LogP contribution >= 0.6 is 11.3 Å². The van der Waals surface area contributed by atoms with E-state index >= 15 is 0 Å². The fourth-order valence-electron chi connectivity index (χ4n) is 2.71. The molecule has 0 saturated heterocycles. The highest BCUT2D eigenvalue weighted by molar-refractivity contribution is 7.12. The molecule has 0 bridgehead atoms. The van der Waals surface area contributed by atoms with Gasteiger partial charge in [-0.1, -0.05) is 24.3 Å². The molecule has 106 valence electrons. The predicted octanol–water partition coefficient (Wildman–Crippen LogP) is 3.77. The van der Waals surface area contributed by atoms with Gasteiger partial charge in [0.25, 0.3) is 0 Å². The smallest absolute Gasteiger partial charge is 0.0952 e. The molecule has 0 radical (unpaired) electrons. The van der Waals surface area contributed by atoms with Gasteiger partial charge in [-0.05, 0) is 43.0 Å². The highest BCUT2D eigenvalue weighted by atomic mass is 32.1. The first-order valence-corrected chi connectivity index (χ1v) is 8.01. The maximum atomic E-state index is 5.91. The molecule has 2 heterocycles. The van der Waals surface area contributed by atoms with Gasteiger partial charge in [0.2, 0.25) is 0 Å². The molecule has 2 nitrogen and oxygen atoms in total. The monoisotopic (exact) mass is 287 g/mol. The van der Waals surface area contributed by atoms with E-state index in [1.54, 1.807) is 0 Å². The van der Waals surface area contributed by atoms with E-state index in [0.717, 1.165) is 26.1 Å². The van der Waals surface area contributed by atoms with E-state index in [9.17, 15) is 0 Å². The predicted molar refractivity (Wildman–Crippen MR) is 84.3 cm³/mol. The molecule has 1 aromatic carbocycles. The van der Waals surface area contributed by atoms with E-state index in [4.69, 9.17) is 4.74 Å². The van der Waals surface area contributed by atoms with Crippen molar-refractivity contribution in [1.82, 2.24) is 5.32 Å². The lowest BCUT2D eigenvalue weighted by atomic mass is 9.97. The minimum absolute atomic E-state index is 0.196. The molecular formula is C17H21NOS. The van der Waals surface area contributed by atoms with Crippen LogP contribution in [0, 0.1) is 13.8 Å². The highest BCUT2D eigenvalue weighted by Gasteiger charge is 2.19. The minimum Gasteiger partial charge on any atom is -0.372 e. The summed E-state index contributed by atoms with van der Waals surface area (Å²) >= 11 is 1.88. The molecule has 1 aromatic heterocycles. The van der Waals surface area contributed by atoms with Crippen molar-refractivity contribution in [2.45, 2.75) is 32.9 Å². The maximum absolute atomic E-state index is 5.91. The lowest BCUT2D eigenvalue weighted by molar-refractivity contribution is 0.0424. The number of ether oxygens (including phenoxy) is 1. The average molecular weight is 287 g/mol. The van der Waals surface area contributed by atoms with Crippen LogP contribution in [0.1, 0.15) is 32.5 Å². The number of rotatable bonds is 4. The number of hydrogen-bond donors (Lipinski definition) is 1. The Morgan fingerprint density at radius 3 is 2.95 bits per heavy atom. The molecule has 3 rings (SSSR count). The van der Waals surface area contributed by atoms with Crippen molar-refractivity contribution in [3.63, 3.8) is 0 Å². The minimum atomic E-state index is 0.196. The Bertz CT molecular complexity index is 571. The van der Waals surface area contributed by atoms with Gasteiger partial charge in [-0.2, -0.15) is 0 Å². The average Bonchev–Trinajstić information content (AvgIpc) is 2.78. The first-order chi connectivity index (χ1) is 9.74. The van der Waals surface area contributed by atoms with Crippen LogP contribution in [-0.2, 0) is 17.7 Å². The normalized spacial score (nSPS) is 18.0. The van der Waals surface area contributed by atoms with E-state index < -0.39 is 0 Å². The topological polar surface area (TPSA) is 21.3 Å². The molecule has 0 saturated carbocycles. The van der Waals surface area contributed by atoms with Gasteiger partial charge < -0.3 is 10.1 Å². The molecule has 1 unspecified atom stereocenters. The van der Waals surface area contributed by atoms with Crippen molar-refractivity contribution in [2.75, 3.05) is 13.2 Å². The van der Waals surface area contributed by atoms with Crippen molar-refractivity contribution in [2.24, 2.45) is 0 Å². The maximum Gasteiger partial charge on any atom is 0.0952 e. The van der Waals surface area contributed by atoms with E-state index in [2.05, 4.69) is 49.5 Å². The second kappa shape index (κ2) is 6.08. The first-order valence-electron chi connectivity index (χ1n) is 7.20. The summed E-state index contributed by atoms with van der Waals surface area (Å²) in [6, 6.07) is 10.9. The standard InChI is InChI=1S/C17H21NOS/c1-12-9-15(20-13(12)2)10-18-11-17-16-6-4-3-5-14(16)7-8-19-17/h3-6,9,17-18H,7-8,10-11H2,1-2H3. The van der Waals surface area contributed by atoms with E-state index in [0.29, 0.717) is 0 Å². The second-order valence-electron chi connectivity index (χ2n) is 5.39. The van der Waals surface area contributed by atoms with E-state index in [1.807, 2.05) is 11.3 Å². The van der Waals surface area contributed by atoms with Gasteiger partial charge in [0.15, 0.2) is 0 Å². The highest BCUT2D eigenvalue weighted by Crippen LogP contribution is 2.26. The molecule has 1 atom stereocenters. The summed E-state index contributed by atoms with van der Waals surface area (Å²) < 4.78 is 5.91. The molecule has 1 N–H and O–H groups in total. The zero-order valence-electron chi connectivity index (χ0n) is 12.1. The van der Waals surface area contributed by atoms with Crippen molar-refractivity contribution in [3.8, 4) is 0 Å². The summed E-state index contributed by atoms with van der Waals surface area (Å²) in [6.45, 7) is 7.01. The third-order valence-electron chi connectivity index (χ3n) is 3.94. The van der Waals surface area contributed by atoms with Crippen LogP contribution in [0.5, 0.6) is 0 Å². The van der Waals surface area contributed by atoms with Crippen molar-refractivity contribution in [1.29, 1.82) is 0 Å². The molecule has 1 aliphatic heterocycles. The van der Waals surface area contributed by atoms with Crippen LogP contribution < -0.4 is 5.32 Å². The Morgan fingerprint density at radius 1 is 1.30 bits per heavy atom. The third-order valence-corrected chi connectivity index (χ3v) is 5.09. The number of fused-ring (bicyclic) bond motifs is 1. The molecule has 0 amide bonds. The molecular weight excluding hydrogens is 266 g/mol. The van der Waals surface area contributed by atoms with Crippen molar-refractivity contribution in [3.05, 3.63) is 56.8 Å². The van der Waals surface area contributed by atoms with Crippen molar-refractivity contribution >= 4 is 11.3 Å². The lowest BCUT2D eigenvalue weighted by Gasteiger charge is -2.26. The molecule has 2 aromatic rings. The zero-order valence-corrected chi connectivity index (χ0v) is 12.9. The van der Waals surface area contributed by atoms with Crippen LogP contribution in [0.15, 0.2) is 30.3 Å². The number of nitrogens with one attached hydrogen (secondary N) is 1. The van der Waals surface area contributed by atoms with Gasteiger partial charge in [-0.15, -0.1) is 11.3 Å². The van der Waals surface area contributed by atoms with Gasteiger partial charge in [0.1, 0.15) is 0 Å². The quantitative estimate of drug-likeness (QED) is 0.924. The summed E-state index contributed by atoms with van der Waals surface area (Å²) in [5.41, 5.74) is 4.18. The van der Waals surface area contributed by atoms with Crippen molar-refractivity contribution < 1.29 is 4.74 Å². The van der Waals surface area contributed by atoms with Gasteiger partial charge in [0.05, 0.1) is 12.7 Å². The van der Waals surface area contributed by atoms with Crippen LogP contribution in [0.2, 0.25) is 0 Å². The fraction of sp³-hybridized carbons (Fsp3) is 0.412. The summed E-state index contributed by atoms with van der Waals surface area (Å²) in [5.74, 6) is 0. The first kappa shape index (κ1) is 13.8. The molecule has 0 spiro atoms. The molecule has 20 heavy (non-hydrogen) atoms. The van der Waals surface area contributed by atoms with Crippen LogP contribution in [0.3, 0.4) is 0 Å². The Hall–Kier alpha value is -1.16. The van der Waals surface area contributed by atoms with E-state index in [1.165, 1.54) is 26.4 Å². The van der Waals surface area contributed by atoms with Crippen LogP contribution in [0.25, 0.3) is 0 Å². The van der Waals surface area contributed by atoms with E-state index in [-0.39, 0.29) is 6.10 Å². The second-order valence-corrected chi connectivity index (χ2v) is 6.73. The Balaban J connectivity index is 1.59. The third kappa shape index (κ3) is 2.95. The van der Waals surface area contributed by atoms with Crippen LogP contribution in [0.4, 0.5) is 0 Å². The number of thiophene rings is 1. The number of aryl methyl sites for hydroxylation is 2. The Morgan fingerprint density at radius 2 is 2.15 bits per heavy atom. The summed E-state index contributed by atoms with van der Waals surface area (Å²) in [4.78, 5) is 2.82. The SMILES string of the molecule is Cc1cc(CNCC2OCCc3ccccc32)sc1C. The largest absolute Gasteiger partial charge is 0.372 e. The number of hydrogen-bond acceptors (Lipinski definition) is 3. The van der Waals surface area contributed by atoms with Gasteiger partial charge >= 0.3 is 0 Å². The van der Waals surface area contributed by atoms with Gasteiger partial charge in [0, 0.05) is 22.8 Å². The Labute approximate surface area is 124 Å². The molecule has 0 fully saturated rings. The van der Waals surface area contributed by atoms with Gasteiger partial charge in [-0.25, -0.2) is 0 Å². The fourth-order valence-corrected chi connectivity index (χ4v) is 3.73. The Kier molecular flexibility index (Phi) is 4.20. The summed E-state index contributed by atoms with van der Waals surface area (Å²) in [7, 11) is 0. The zero-order chi connectivity index (χ0) is 13.9.